The molecular formula is C54H34. The first-order valence-corrected chi connectivity index (χ1v) is 18.7. The molecule has 0 nitrogen and oxygen atoms in total. The molecule has 11 rings (SSSR count). The Labute approximate surface area is 315 Å². The number of hydrogen-bond donors (Lipinski definition) is 0. The molecule has 10 aromatic rings. The van der Waals surface area contributed by atoms with Crippen molar-refractivity contribution >= 4 is 32.3 Å². The Bertz CT molecular complexity index is 3070. The average molecular weight is 683 g/mol. The molecule has 0 saturated carbocycles. The zero-order valence-corrected chi connectivity index (χ0v) is 29.6. The van der Waals surface area contributed by atoms with Crippen molar-refractivity contribution in [3.63, 3.8) is 0 Å². The van der Waals surface area contributed by atoms with Crippen molar-refractivity contribution in [2.45, 2.75) is 0 Å². The summed E-state index contributed by atoms with van der Waals surface area (Å²) in [4.78, 5) is 0. The molecule has 0 aromatic heterocycles. The van der Waals surface area contributed by atoms with Gasteiger partial charge in [0, 0.05) is 0 Å². The zero-order valence-electron chi connectivity index (χ0n) is 29.6. The molecule has 0 heterocycles. The maximum Gasteiger partial charge on any atom is -0.00264 e. The van der Waals surface area contributed by atoms with Gasteiger partial charge >= 0.3 is 0 Å². The Morgan fingerprint density at radius 1 is 0.167 bits per heavy atom. The third-order valence-corrected chi connectivity index (χ3v) is 11.4. The van der Waals surface area contributed by atoms with Crippen molar-refractivity contribution in [3.8, 4) is 77.9 Å². The van der Waals surface area contributed by atoms with Gasteiger partial charge in [-0.3, -0.25) is 0 Å². The fraction of sp³-hybridized carbons (Fsp3) is 0. The van der Waals surface area contributed by atoms with Crippen molar-refractivity contribution in [2.24, 2.45) is 0 Å². The summed E-state index contributed by atoms with van der Waals surface area (Å²) in [5, 5.41) is 7.71. The molecule has 1 aliphatic carbocycles. The summed E-state index contributed by atoms with van der Waals surface area (Å²) >= 11 is 0. The largest absolute Gasteiger partial charge is 0.0616 e. The third kappa shape index (κ3) is 5.07. The van der Waals surface area contributed by atoms with Crippen LogP contribution in [0.4, 0.5) is 0 Å². The predicted molar refractivity (Wildman–Crippen MR) is 231 cm³/mol. The van der Waals surface area contributed by atoms with E-state index >= 15 is 0 Å². The Kier molecular flexibility index (Phi) is 6.97. The molecule has 0 heteroatoms. The highest BCUT2D eigenvalue weighted by atomic mass is 14.2. The summed E-state index contributed by atoms with van der Waals surface area (Å²) in [6.45, 7) is 0. The lowest BCUT2D eigenvalue weighted by atomic mass is 9.89. The Morgan fingerprint density at radius 3 is 1.13 bits per heavy atom. The molecule has 54 heavy (non-hydrogen) atoms. The van der Waals surface area contributed by atoms with Gasteiger partial charge in [0.1, 0.15) is 0 Å². The Hall–Kier alpha value is -7.02. The minimum absolute atomic E-state index is 1.20. The van der Waals surface area contributed by atoms with Crippen LogP contribution < -0.4 is 0 Å². The van der Waals surface area contributed by atoms with Crippen molar-refractivity contribution in [1.29, 1.82) is 0 Å². The second-order valence-corrected chi connectivity index (χ2v) is 14.5. The SMILES string of the molecule is c1ccc2cc(-c3ccc(-c4ccc(-c5ccc6c(c5)-c5cccc7cccc-6c57)cc4-c4ccc(-c5ccc6ccccc6c5)cc4)cc3)ccc2c1. The summed E-state index contributed by atoms with van der Waals surface area (Å²) in [7, 11) is 0. The monoisotopic (exact) mass is 682 g/mol. The van der Waals surface area contributed by atoms with Gasteiger partial charge in [-0.15, -0.1) is 0 Å². The number of fused-ring (bicyclic) bond motifs is 5. The van der Waals surface area contributed by atoms with E-state index < -0.39 is 0 Å². The summed E-state index contributed by atoms with van der Waals surface area (Å²) in [6.07, 6.45) is 0. The van der Waals surface area contributed by atoms with E-state index in [2.05, 4.69) is 206 Å². The molecule has 0 radical (unpaired) electrons. The van der Waals surface area contributed by atoms with Gasteiger partial charge in [-0.05, 0) is 134 Å². The van der Waals surface area contributed by atoms with Crippen LogP contribution >= 0.6 is 0 Å². The normalized spacial score (nSPS) is 11.7. The van der Waals surface area contributed by atoms with E-state index in [-0.39, 0.29) is 0 Å². The quantitative estimate of drug-likeness (QED) is 0.169. The second kappa shape index (κ2) is 12.3. The van der Waals surface area contributed by atoms with Gasteiger partial charge in [-0.1, -0.05) is 182 Å². The van der Waals surface area contributed by atoms with Gasteiger partial charge in [0.15, 0.2) is 0 Å². The van der Waals surface area contributed by atoms with Gasteiger partial charge in [0.05, 0.1) is 0 Å². The molecule has 0 bridgehead atoms. The maximum atomic E-state index is 2.39. The fourth-order valence-electron chi connectivity index (χ4n) is 8.61. The molecule has 10 aromatic carbocycles. The standard InChI is InChI=1S/C54H34/c1-3-9-42-31-44(25-19-35(42)7-1)37-15-21-39(22-16-37)48-29-27-46(47-28-30-49-50-13-5-11-41-12-6-14-51(54(41)50)53(49)34-47)33-52(48)40-23-17-38(18-24-40)45-26-20-36-8-2-4-10-43(36)32-45/h1-34H. The van der Waals surface area contributed by atoms with E-state index in [0.29, 0.717) is 0 Å². The van der Waals surface area contributed by atoms with Gasteiger partial charge in [-0.2, -0.15) is 0 Å². The van der Waals surface area contributed by atoms with Crippen LogP contribution in [0.1, 0.15) is 0 Å². The summed E-state index contributed by atoms with van der Waals surface area (Å²) in [5.41, 5.74) is 17.5. The highest BCUT2D eigenvalue weighted by Crippen LogP contribution is 2.48. The molecule has 0 aliphatic heterocycles. The maximum absolute atomic E-state index is 2.39. The first kappa shape index (κ1) is 30.6. The minimum Gasteiger partial charge on any atom is -0.0616 e. The number of benzene rings is 10. The van der Waals surface area contributed by atoms with Crippen molar-refractivity contribution in [3.05, 3.63) is 206 Å². The van der Waals surface area contributed by atoms with Crippen LogP contribution in [0.2, 0.25) is 0 Å². The molecule has 0 amide bonds. The van der Waals surface area contributed by atoms with Gasteiger partial charge in [-0.25, -0.2) is 0 Å². The van der Waals surface area contributed by atoms with Crippen LogP contribution in [0.3, 0.4) is 0 Å². The molecule has 0 saturated heterocycles. The lowest BCUT2D eigenvalue weighted by molar-refractivity contribution is 1.55. The van der Waals surface area contributed by atoms with Crippen LogP contribution in [0.5, 0.6) is 0 Å². The Morgan fingerprint density at radius 2 is 0.556 bits per heavy atom. The molecule has 0 spiro atoms. The summed E-state index contributed by atoms with van der Waals surface area (Å²) in [5.74, 6) is 0. The number of hydrogen-bond acceptors (Lipinski definition) is 0. The molecule has 0 N–H and O–H groups in total. The van der Waals surface area contributed by atoms with Gasteiger partial charge in [0.2, 0.25) is 0 Å². The van der Waals surface area contributed by atoms with Crippen LogP contribution in [-0.4, -0.2) is 0 Å². The predicted octanol–water partition coefficient (Wildman–Crippen LogP) is 15.1. The molecule has 1 aliphatic rings. The van der Waals surface area contributed by atoms with E-state index in [4.69, 9.17) is 0 Å². The summed E-state index contributed by atoms with van der Waals surface area (Å²) in [6, 6.07) is 76.1. The van der Waals surface area contributed by atoms with E-state index in [1.165, 1.54) is 110 Å². The first-order chi connectivity index (χ1) is 26.7. The van der Waals surface area contributed by atoms with E-state index in [9.17, 15) is 0 Å². The highest BCUT2D eigenvalue weighted by molar-refractivity contribution is 6.15. The molecular weight excluding hydrogens is 649 g/mol. The van der Waals surface area contributed by atoms with Crippen molar-refractivity contribution < 1.29 is 0 Å². The van der Waals surface area contributed by atoms with Crippen LogP contribution in [0.25, 0.3) is 110 Å². The van der Waals surface area contributed by atoms with Crippen LogP contribution in [-0.2, 0) is 0 Å². The second-order valence-electron chi connectivity index (χ2n) is 14.5. The highest BCUT2D eigenvalue weighted by Gasteiger charge is 2.22. The Balaban J connectivity index is 1.01. The minimum atomic E-state index is 1.20. The van der Waals surface area contributed by atoms with Crippen LogP contribution in [0, 0.1) is 0 Å². The summed E-state index contributed by atoms with van der Waals surface area (Å²) < 4.78 is 0. The van der Waals surface area contributed by atoms with E-state index in [0.717, 1.165) is 0 Å². The smallest absolute Gasteiger partial charge is 0.00264 e. The molecule has 0 unspecified atom stereocenters. The zero-order chi connectivity index (χ0) is 35.6. The lowest BCUT2D eigenvalue weighted by Gasteiger charge is -2.15. The van der Waals surface area contributed by atoms with Crippen molar-refractivity contribution in [2.75, 3.05) is 0 Å². The topological polar surface area (TPSA) is 0 Å². The van der Waals surface area contributed by atoms with Gasteiger partial charge in [0.25, 0.3) is 0 Å². The van der Waals surface area contributed by atoms with Crippen LogP contribution in [0.15, 0.2) is 206 Å². The van der Waals surface area contributed by atoms with Gasteiger partial charge < -0.3 is 0 Å². The fourth-order valence-corrected chi connectivity index (χ4v) is 8.61. The molecule has 0 fully saturated rings. The first-order valence-electron chi connectivity index (χ1n) is 18.7. The average Bonchev–Trinajstić information content (AvgIpc) is 3.57. The third-order valence-electron chi connectivity index (χ3n) is 11.4. The molecule has 0 atom stereocenters. The molecule has 250 valence electrons. The number of rotatable bonds is 5. The van der Waals surface area contributed by atoms with E-state index in [1.807, 2.05) is 0 Å². The van der Waals surface area contributed by atoms with Crippen molar-refractivity contribution in [1.82, 2.24) is 0 Å². The lowest BCUT2D eigenvalue weighted by Crippen LogP contribution is -1.89. The van der Waals surface area contributed by atoms with E-state index in [1.54, 1.807) is 0 Å².